The molecule has 0 amide bonds. The molecule has 0 radical (unpaired) electrons. The van der Waals surface area contributed by atoms with Gasteiger partial charge in [0.2, 0.25) is 5.95 Å². The van der Waals surface area contributed by atoms with E-state index in [2.05, 4.69) is 41.0 Å². The average molecular weight is 465 g/mol. The topological polar surface area (TPSA) is 105 Å². The van der Waals surface area contributed by atoms with Gasteiger partial charge < -0.3 is 20.3 Å². The summed E-state index contributed by atoms with van der Waals surface area (Å²) in [4.78, 5) is 14.4. The molecule has 4 heterocycles. The summed E-state index contributed by atoms with van der Waals surface area (Å²) in [7, 11) is 1.87. The number of nitrogens with zero attached hydrogens (tertiary/aromatic N) is 6. The molecule has 2 atom stereocenters. The second kappa shape index (κ2) is 9.97. The summed E-state index contributed by atoms with van der Waals surface area (Å²) >= 11 is 0. The number of aliphatic hydroxyl groups is 1. The third-order valence-electron chi connectivity index (χ3n) is 6.40. The molecular formula is C25H36N8O. The lowest BCUT2D eigenvalue weighted by atomic mass is 10.0. The van der Waals surface area contributed by atoms with E-state index in [1.54, 1.807) is 0 Å². The Hall–Kier alpha value is -3.20. The second-order valence-corrected chi connectivity index (χ2v) is 9.11. The van der Waals surface area contributed by atoms with Crippen molar-refractivity contribution in [2.45, 2.75) is 78.5 Å². The van der Waals surface area contributed by atoms with Gasteiger partial charge in [-0.1, -0.05) is 13.8 Å². The number of fused-ring (bicyclic) bond motifs is 2. The van der Waals surface area contributed by atoms with Crippen LogP contribution in [-0.4, -0.2) is 53.4 Å². The minimum Gasteiger partial charge on any atom is -0.393 e. The molecular weight excluding hydrogens is 428 g/mol. The molecule has 0 aliphatic carbocycles. The number of pyridine rings is 1. The summed E-state index contributed by atoms with van der Waals surface area (Å²) in [5.74, 6) is 2.26. The maximum absolute atomic E-state index is 9.93. The number of hydrogen-bond donors (Lipinski definition) is 3. The van der Waals surface area contributed by atoms with E-state index < -0.39 is 0 Å². The maximum atomic E-state index is 9.93. The molecule has 0 bridgehead atoms. The van der Waals surface area contributed by atoms with Gasteiger partial charge in [0.05, 0.1) is 11.8 Å². The van der Waals surface area contributed by atoms with E-state index >= 15 is 0 Å². The van der Waals surface area contributed by atoms with Gasteiger partial charge in [-0.25, -0.2) is 14.5 Å². The summed E-state index contributed by atoms with van der Waals surface area (Å²) in [5, 5.41) is 21.3. The first-order valence-corrected chi connectivity index (χ1v) is 12.2. The Bertz CT molecular complexity index is 1280. The molecule has 0 saturated heterocycles. The van der Waals surface area contributed by atoms with Crippen LogP contribution in [0.5, 0.6) is 0 Å². The highest BCUT2D eigenvalue weighted by Gasteiger charge is 2.18. The van der Waals surface area contributed by atoms with Crippen LogP contribution in [0.25, 0.3) is 27.9 Å². The second-order valence-electron chi connectivity index (χ2n) is 9.11. The number of imidazole rings is 1. The van der Waals surface area contributed by atoms with Crippen LogP contribution in [0.15, 0.2) is 24.4 Å². The number of rotatable bonds is 10. The molecule has 3 N–H and O–H groups in total. The summed E-state index contributed by atoms with van der Waals surface area (Å²) in [6.45, 7) is 10.4. The van der Waals surface area contributed by atoms with Gasteiger partial charge in [-0.3, -0.25) is 0 Å². The molecule has 0 aromatic carbocycles. The molecule has 9 heteroatoms. The fourth-order valence-corrected chi connectivity index (χ4v) is 4.48. The van der Waals surface area contributed by atoms with Crippen molar-refractivity contribution in [3.63, 3.8) is 0 Å². The van der Waals surface area contributed by atoms with Crippen molar-refractivity contribution < 1.29 is 5.11 Å². The quantitative estimate of drug-likeness (QED) is 0.309. The third-order valence-corrected chi connectivity index (χ3v) is 6.40. The van der Waals surface area contributed by atoms with Crippen molar-refractivity contribution in [1.82, 2.24) is 29.1 Å². The Morgan fingerprint density at radius 2 is 1.82 bits per heavy atom. The van der Waals surface area contributed by atoms with Crippen LogP contribution in [-0.2, 0) is 0 Å². The normalized spacial score (nSPS) is 13.6. The minimum atomic E-state index is -0.264. The smallest absolute Gasteiger partial charge is 0.243 e. The predicted octanol–water partition coefficient (Wildman–Crippen LogP) is 4.81. The third kappa shape index (κ3) is 4.57. The molecule has 0 fully saturated rings. The summed E-state index contributed by atoms with van der Waals surface area (Å²) in [6, 6.07) is 6.53. The first-order valence-electron chi connectivity index (χ1n) is 12.2. The number of aryl methyl sites for hydroxylation is 1. The molecule has 0 spiro atoms. The number of hydrogen-bond acceptors (Lipinski definition) is 7. The van der Waals surface area contributed by atoms with Gasteiger partial charge in [-0.05, 0) is 64.7 Å². The van der Waals surface area contributed by atoms with Crippen molar-refractivity contribution in [2.24, 2.45) is 0 Å². The lowest BCUT2D eigenvalue weighted by molar-refractivity contribution is 0.155. The Kier molecular flexibility index (Phi) is 7.02. The van der Waals surface area contributed by atoms with Crippen molar-refractivity contribution in [3.8, 4) is 11.3 Å². The summed E-state index contributed by atoms with van der Waals surface area (Å²) in [5.41, 5.74) is 4.48. The van der Waals surface area contributed by atoms with Crippen LogP contribution in [0.2, 0.25) is 0 Å². The van der Waals surface area contributed by atoms with Crippen LogP contribution in [0, 0.1) is 6.92 Å². The molecule has 34 heavy (non-hydrogen) atoms. The van der Waals surface area contributed by atoms with Gasteiger partial charge in [0.1, 0.15) is 16.9 Å². The van der Waals surface area contributed by atoms with Gasteiger partial charge in [0.25, 0.3) is 0 Å². The van der Waals surface area contributed by atoms with Gasteiger partial charge in [-0.15, -0.1) is 5.10 Å². The van der Waals surface area contributed by atoms with E-state index in [9.17, 15) is 5.11 Å². The van der Waals surface area contributed by atoms with Gasteiger partial charge in [-0.2, -0.15) is 4.98 Å². The fraction of sp³-hybridized carbons (Fsp3) is 0.520. The van der Waals surface area contributed by atoms with E-state index in [4.69, 9.17) is 15.1 Å². The van der Waals surface area contributed by atoms with E-state index in [0.717, 1.165) is 65.3 Å². The van der Waals surface area contributed by atoms with Crippen LogP contribution in [0.1, 0.15) is 65.2 Å². The highest BCUT2D eigenvalue weighted by Crippen LogP contribution is 2.31. The molecule has 4 aromatic rings. The van der Waals surface area contributed by atoms with Crippen LogP contribution in [0.4, 0.5) is 11.8 Å². The lowest BCUT2D eigenvalue weighted by Crippen LogP contribution is -2.23. The van der Waals surface area contributed by atoms with Gasteiger partial charge >= 0.3 is 0 Å². The average Bonchev–Trinajstić information content (AvgIpc) is 3.40. The van der Waals surface area contributed by atoms with E-state index in [1.165, 1.54) is 0 Å². The highest BCUT2D eigenvalue weighted by atomic mass is 16.3. The largest absolute Gasteiger partial charge is 0.393 e. The number of aliphatic hydroxyl groups excluding tert-OH is 1. The minimum absolute atomic E-state index is 0.196. The Labute approximate surface area is 200 Å². The zero-order valence-electron chi connectivity index (χ0n) is 21.0. The number of nitrogens with one attached hydrogen (secondary N) is 2. The Morgan fingerprint density at radius 3 is 2.50 bits per heavy atom. The molecule has 4 rings (SSSR count). The SMILES string of the molecule is CCC(O)CC[C@H](CC)Nc1nc(NC)c2c(-c3ccc4nc(C)n(C(C)C)c4n3)ccn2n1. The molecule has 0 saturated carbocycles. The first-order chi connectivity index (χ1) is 16.4. The first kappa shape index (κ1) is 23.9. The summed E-state index contributed by atoms with van der Waals surface area (Å²) in [6.07, 6.45) is 5.00. The molecule has 0 aliphatic heterocycles. The number of anilines is 2. The molecule has 182 valence electrons. The Balaban J connectivity index is 1.70. The lowest BCUT2D eigenvalue weighted by Gasteiger charge is -2.19. The van der Waals surface area contributed by atoms with Crippen LogP contribution in [0.3, 0.4) is 0 Å². The van der Waals surface area contributed by atoms with Gasteiger partial charge in [0.15, 0.2) is 11.5 Å². The van der Waals surface area contributed by atoms with E-state index in [-0.39, 0.29) is 18.2 Å². The molecule has 0 aliphatic rings. The van der Waals surface area contributed by atoms with Gasteiger partial charge in [0, 0.05) is 30.9 Å². The highest BCUT2D eigenvalue weighted by molar-refractivity contribution is 5.89. The monoisotopic (exact) mass is 464 g/mol. The van der Waals surface area contributed by atoms with Crippen molar-refractivity contribution in [3.05, 3.63) is 30.2 Å². The van der Waals surface area contributed by atoms with Crippen LogP contribution >= 0.6 is 0 Å². The Morgan fingerprint density at radius 1 is 1.03 bits per heavy atom. The predicted molar refractivity (Wildman–Crippen MR) is 137 cm³/mol. The van der Waals surface area contributed by atoms with Crippen LogP contribution < -0.4 is 10.6 Å². The zero-order chi connectivity index (χ0) is 24.4. The van der Waals surface area contributed by atoms with E-state index in [1.807, 2.05) is 49.8 Å². The molecule has 9 nitrogen and oxygen atoms in total. The molecule has 4 aromatic heterocycles. The van der Waals surface area contributed by atoms with Crippen molar-refractivity contribution >= 4 is 28.4 Å². The van der Waals surface area contributed by atoms with E-state index in [0.29, 0.717) is 5.95 Å². The van der Waals surface area contributed by atoms with Crippen molar-refractivity contribution in [1.29, 1.82) is 0 Å². The maximum Gasteiger partial charge on any atom is 0.243 e. The zero-order valence-corrected chi connectivity index (χ0v) is 21.0. The summed E-state index contributed by atoms with van der Waals surface area (Å²) < 4.78 is 4.01. The van der Waals surface area contributed by atoms with Crippen molar-refractivity contribution in [2.75, 3.05) is 17.7 Å². The molecule has 1 unspecified atom stereocenters. The standard InChI is InChI=1S/C25H36N8O/c1-7-17(9-10-18(34)8-2)28-25-30-23(26-6)22-19(13-14-32(22)31-25)20-11-12-21-24(29-20)33(15(3)4)16(5)27-21/h11-15,17-18,34H,7-10H2,1-6H3,(H2,26,28,30,31)/t17-,18?/m0/s1. The fourth-order valence-electron chi connectivity index (χ4n) is 4.48. The number of aromatic nitrogens is 6.